The van der Waals surface area contributed by atoms with Gasteiger partial charge in [-0.3, -0.25) is 0 Å². The Morgan fingerprint density at radius 2 is 1.62 bits per heavy atom. The van der Waals surface area contributed by atoms with E-state index in [0.717, 1.165) is 6.92 Å². The molecule has 0 saturated carbocycles. The van der Waals surface area contributed by atoms with Crippen LogP contribution in [0.15, 0.2) is 0 Å². The molecule has 3 nitrogen and oxygen atoms in total. The van der Waals surface area contributed by atoms with Crippen molar-refractivity contribution < 1.29 is 27.1 Å². The summed E-state index contributed by atoms with van der Waals surface area (Å²) in [6.45, 7) is 6.96. The van der Waals surface area contributed by atoms with Crippen molar-refractivity contribution in [2.45, 2.75) is 34.1 Å². The Bertz CT molecular complexity index is 524. The molecule has 0 fully saturated rings. The van der Waals surface area contributed by atoms with Gasteiger partial charge >= 0.3 is 6.09 Å². The van der Waals surface area contributed by atoms with E-state index in [1.165, 1.54) is 0 Å². The van der Waals surface area contributed by atoms with Gasteiger partial charge in [-0.05, 0) is 18.8 Å². The summed E-state index contributed by atoms with van der Waals surface area (Å²) in [7, 11) is 0. The summed E-state index contributed by atoms with van der Waals surface area (Å²) in [5.74, 6) is -8.10. The quantitative estimate of drug-likeness (QED) is 0.519. The van der Waals surface area contributed by atoms with Crippen molar-refractivity contribution in [2.24, 2.45) is 5.41 Å². The highest BCUT2D eigenvalue weighted by atomic mass is 19.2. The summed E-state index contributed by atoms with van der Waals surface area (Å²) in [6.07, 6.45) is -0.536. The molecule has 1 aromatic rings. The smallest absolute Gasteiger partial charge is 0.404 e. The fraction of sp³-hybridized carbons (Fsp3) is 0.500. The molecule has 0 unspecified atom stereocenters. The molecular formula is C14H17F4NO2. The van der Waals surface area contributed by atoms with Gasteiger partial charge in [-0.2, -0.15) is 4.39 Å². The van der Waals surface area contributed by atoms with Crippen LogP contribution in [0.3, 0.4) is 0 Å². The van der Waals surface area contributed by atoms with Gasteiger partial charge < -0.3 is 10.1 Å². The van der Waals surface area contributed by atoms with Crippen LogP contribution in [-0.4, -0.2) is 12.6 Å². The molecule has 0 aliphatic carbocycles. The van der Waals surface area contributed by atoms with Crippen LogP contribution in [0.5, 0.6) is 5.75 Å². The van der Waals surface area contributed by atoms with Gasteiger partial charge in [0, 0.05) is 12.1 Å². The van der Waals surface area contributed by atoms with E-state index in [2.05, 4.69) is 10.1 Å². The van der Waals surface area contributed by atoms with Gasteiger partial charge in [-0.25, -0.2) is 18.0 Å². The first-order valence-electron chi connectivity index (χ1n) is 6.33. The van der Waals surface area contributed by atoms with Crippen LogP contribution in [0.1, 0.15) is 32.8 Å². The Balaban J connectivity index is 2.82. The van der Waals surface area contributed by atoms with Crippen molar-refractivity contribution in [1.82, 2.24) is 5.32 Å². The van der Waals surface area contributed by atoms with Crippen molar-refractivity contribution in [3.05, 3.63) is 28.8 Å². The molecule has 0 saturated heterocycles. The molecule has 0 spiro atoms. The summed E-state index contributed by atoms with van der Waals surface area (Å²) < 4.78 is 57.7. The summed E-state index contributed by atoms with van der Waals surface area (Å²) in [5.41, 5.74) is -0.811. The van der Waals surface area contributed by atoms with Crippen LogP contribution in [0.2, 0.25) is 0 Å². The number of halogens is 4. The van der Waals surface area contributed by atoms with Gasteiger partial charge in [0.2, 0.25) is 11.6 Å². The number of nitrogens with one attached hydrogen (secondary N) is 1. The van der Waals surface area contributed by atoms with Crippen LogP contribution in [-0.2, 0) is 0 Å². The number of carbonyl (C=O) groups excluding carboxylic acids is 1. The van der Waals surface area contributed by atoms with Gasteiger partial charge in [0.1, 0.15) is 0 Å². The molecule has 118 valence electrons. The van der Waals surface area contributed by atoms with Crippen LogP contribution < -0.4 is 10.1 Å². The van der Waals surface area contributed by atoms with E-state index < -0.39 is 40.7 Å². The maximum absolute atomic E-state index is 13.6. The number of hydrogen-bond donors (Lipinski definition) is 1. The van der Waals surface area contributed by atoms with E-state index in [1.807, 2.05) is 20.8 Å². The minimum absolute atomic E-state index is 0.0532. The standard InChI is InChI=1S/C14H17F4NO2/c1-7-8(15)10(17)11(18)12(9(7)16)21-13(20)19-6-5-14(2,3)4/h5-6H2,1-4H3,(H,19,20). The third-order valence-electron chi connectivity index (χ3n) is 2.78. The van der Waals surface area contributed by atoms with Crippen molar-refractivity contribution in [2.75, 3.05) is 6.54 Å². The average molecular weight is 307 g/mol. The first-order valence-corrected chi connectivity index (χ1v) is 6.33. The van der Waals surface area contributed by atoms with Crippen LogP contribution in [0, 0.1) is 35.6 Å². The second-order valence-electron chi connectivity index (χ2n) is 5.84. The fourth-order valence-electron chi connectivity index (χ4n) is 1.48. The molecule has 0 aliphatic rings. The largest absolute Gasteiger partial charge is 0.412 e. The van der Waals surface area contributed by atoms with Crippen LogP contribution in [0.4, 0.5) is 22.4 Å². The Hall–Kier alpha value is -1.79. The minimum atomic E-state index is -1.88. The molecule has 21 heavy (non-hydrogen) atoms. The lowest BCUT2D eigenvalue weighted by atomic mass is 9.92. The van der Waals surface area contributed by atoms with Crippen LogP contribution >= 0.6 is 0 Å². The van der Waals surface area contributed by atoms with Gasteiger partial charge in [-0.15, -0.1) is 0 Å². The van der Waals surface area contributed by atoms with Crippen molar-refractivity contribution in [3.63, 3.8) is 0 Å². The molecule has 1 amide bonds. The molecule has 0 radical (unpaired) electrons. The first kappa shape index (κ1) is 17.3. The van der Waals surface area contributed by atoms with Gasteiger partial charge in [-0.1, -0.05) is 20.8 Å². The molecule has 1 N–H and O–H groups in total. The molecule has 0 aromatic heterocycles. The summed E-state index contributed by atoms with van der Waals surface area (Å²) in [6, 6.07) is 0. The van der Waals surface area contributed by atoms with E-state index in [4.69, 9.17) is 0 Å². The summed E-state index contributed by atoms with van der Waals surface area (Å²) in [5, 5.41) is 2.28. The summed E-state index contributed by atoms with van der Waals surface area (Å²) >= 11 is 0. The monoisotopic (exact) mass is 307 g/mol. The lowest BCUT2D eigenvalue weighted by Crippen LogP contribution is -2.30. The van der Waals surface area contributed by atoms with Crippen molar-refractivity contribution >= 4 is 6.09 Å². The van der Waals surface area contributed by atoms with E-state index >= 15 is 0 Å². The molecule has 1 aromatic carbocycles. The molecule has 7 heteroatoms. The topological polar surface area (TPSA) is 38.3 Å². The van der Waals surface area contributed by atoms with E-state index in [-0.39, 0.29) is 12.0 Å². The van der Waals surface area contributed by atoms with E-state index in [9.17, 15) is 22.4 Å². The number of carbonyl (C=O) groups is 1. The molecule has 1 rings (SSSR count). The highest BCUT2D eigenvalue weighted by Gasteiger charge is 2.26. The summed E-state index contributed by atoms with van der Waals surface area (Å²) in [4.78, 5) is 11.4. The van der Waals surface area contributed by atoms with Gasteiger partial charge in [0.25, 0.3) is 0 Å². The second kappa shape index (κ2) is 6.32. The molecule has 0 aliphatic heterocycles. The lowest BCUT2D eigenvalue weighted by molar-refractivity contribution is 0.192. The normalized spacial score (nSPS) is 11.4. The number of ether oxygens (including phenoxy) is 1. The molecule has 0 bridgehead atoms. The Morgan fingerprint density at radius 3 is 2.14 bits per heavy atom. The zero-order valence-electron chi connectivity index (χ0n) is 12.2. The SMILES string of the molecule is Cc1c(F)c(F)c(F)c(OC(=O)NCCC(C)(C)C)c1F. The maximum atomic E-state index is 13.6. The van der Waals surface area contributed by atoms with Crippen molar-refractivity contribution in [3.8, 4) is 5.75 Å². The Morgan fingerprint density at radius 1 is 1.05 bits per heavy atom. The van der Waals surface area contributed by atoms with Crippen LogP contribution in [0.25, 0.3) is 0 Å². The third kappa shape index (κ3) is 4.34. The van der Waals surface area contributed by atoms with E-state index in [0.29, 0.717) is 6.42 Å². The number of benzene rings is 1. The predicted molar refractivity (Wildman–Crippen MR) is 69.1 cm³/mol. The van der Waals surface area contributed by atoms with E-state index in [1.54, 1.807) is 0 Å². The predicted octanol–water partition coefficient (Wildman–Crippen LogP) is 4.08. The molecular weight excluding hydrogens is 290 g/mol. The maximum Gasteiger partial charge on any atom is 0.412 e. The highest BCUT2D eigenvalue weighted by molar-refractivity contribution is 5.70. The fourth-order valence-corrected chi connectivity index (χ4v) is 1.48. The number of rotatable bonds is 3. The van der Waals surface area contributed by atoms with Gasteiger partial charge in [0.05, 0.1) is 0 Å². The lowest BCUT2D eigenvalue weighted by Gasteiger charge is -2.18. The number of hydrogen-bond acceptors (Lipinski definition) is 2. The average Bonchev–Trinajstić information content (AvgIpc) is 2.38. The number of amides is 1. The van der Waals surface area contributed by atoms with Crippen molar-refractivity contribution in [1.29, 1.82) is 0 Å². The second-order valence-corrected chi connectivity index (χ2v) is 5.84. The van der Waals surface area contributed by atoms with Gasteiger partial charge in [0.15, 0.2) is 17.5 Å². The molecule has 0 atom stereocenters. The highest BCUT2D eigenvalue weighted by Crippen LogP contribution is 2.29. The Kier molecular flexibility index (Phi) is 5.20. The zero-order valence-corrected chi connectivity index (χ0v) is 12.2. The third-order valence-corrected chi connectivity index (χ3v) is 2.78. The Labute approximate surface area is 120 Å². The first-order chi connectivity index (χ1) is 9.54. The molecule has 0 heterocycles. The zero-order chi connectivity index (χ0) is 16.4. The minimum Gasteiger partial charge on any atom is -0.404 e.